The molecule has 2 rings (SSSR count). The molecule has 1 aromatic heterocycles. The Hall–Kier alpha value is -2.36. The molecule has 21 heavy (non-hydrogen) atoms. The van der Waals surface area contributed by atoms with E-state index >= 15 is 0 Å². The monoisotopic (exact) mass is 283 g/mol. The van der Waals surface area contributed by atoms with Gasteiger partial charge < -0.3 is 10.6 Å². The van der Waals surface area contributed by atoms with Crippen molar-refractivity contribution in [2.75, 3.05) is 18.4 Å². The van der Waals surface area contributed by atoms with Gasteiger partial charge in [-0.2, -0.15) is 0 Å². The van der Waals surface area contributed by atoms with Crippen LogP contribution < -0.4 is 10.6 Å². The fraction of sp³-hybridized carbons (Fsp3) is 0.294. The van der Waals surface area contributed by atoms with Crippen molar-refractivity contribution < 1.29 is 4.79 Å². The summed E-state index contributed by atoms with van der Waals surface area (Å²) in [7, 11) is 0. The number of hydrogen-bond donors (Lipinski definition) is 2. The number of pyridine rings is 1. The predicted octanol–water partition coefficient (Wildman–Crippen LogP) is 2.88. The minimum atomic E-state index is -0.0482. The third kappa shape index (κ3) is 4.91. The number of nitrogens with one attached hydrogen (secondary N) is 2. The molecule has 0 radical (unpaired) electrons. The van der Waals surface area contributed by atoms with Crippen LogP contribution in [0.3, 0.4) is 0 Å². The highest BCUT2D eigenvalue weighted by Gasteiger charge is 2.04. The summed E-state index contributed by atoms with van der Waals surface area (Å²) in [6.07, 6.45) is 3.58. The topological polar surface area (TPSA) is 54.0 Å². The van der Waals surface area contributed by atoms with Crippen LogP contribution in [-0.2, 0) is 6.42 Å². The summed E-state index contributed by atoms with van der Waals surface area (Å²) in [5.41, 5.74) is 2.71. The third-order valence-electron chi connectivity index (χ3n) is 3.12. The standard InChI is InChI=1S/C17H21N3O/c1-2-11-18-16-8-6-14(7-9-16)17(21)20-13-10-15-5-3-4-12-19-15/h3-9,12,18H,2,10-11,13H2,1H3,(H,20,21). The van der Waals surface area contributed by atoms with E-state index in [-0.39, 0.29) is 5.91 Å². The SMILES string of the molecule is CCCNc1ccc(C(=O)NCCc2ccccn2)cc1. The average Bonchev–Trinajstić information content (AvgIpc) is 2.54. The second kappa shape index (κ2) is 8.04. The molecule has 2 N–H and O–H groups in total. The number of aromatic nitrogens is 1. The van der Waals surface area contributed by atoms with Crippen LogP contribution in [-0.4, -0.2) is 24.0 Å². The molecule has 110 valence electrons. The lowest BCUT2D eigenvalue weighted by Gasteiger charge is -2.07. The largest absolute Gasteiger partial charge is 0.385 e. The van der Waals surface area contributed by atoms with Gasteiger partial charge in [0.1, 0.15) is 0 Å². The van der Waals surface area contributed by atoms with E-state index in [1.807, 2.05) is 42.5 Å². The molecule has 0 unspecified atom stereocenters. The summed E-state index contributed by atoms with van der Waals surface area (Å²) < 4.78 is 0. The van der Waals surface area contributed by atoms with E-state index in [2.05, 4.69) is 22.5 Å². The Bertz CT molecular complexity index is 552. The third-order valence-corrected chi connectivity index (χ3v) is 3.12. The highest BCUT2D eigenvalue weighted by Crippen LogP contribution is 2.09. The summed E-state index contributed by atoms with van der Waals surface area (Å²) in [6, 6.07) is 13.3. The second-order valence-electron chi connectivity index (χ2n) is 4.83. The Morgan fingerprint density at radius 1 is 1.10 bits per heavy atom. The van der Waals surface area contributed by atoms with Gasteiger partial charge in [0.05, 0.1) is 0 Å². The number of anilines is 1. The zero-order chi connectivity index (χ0) is 14.9. The van der Waals surface area contributed by atoms with Crippen LogP contribution in [0.2, 0.25) is 0 Å². The summed E-state index contributed by atoms with van der Waals surface area (Å²) in [5.74, 6) is -0.0482. The molecule has 0 atom stereocenters. The lowest BCUT2D eigenvalue weighted by atomic mass is 10.2. The number of nitrogens with zero attached hydrogens (tertiary/aromatic N) is 1. The van der Waals surface area contributed by atoms with Gasteiger partial charge in [0.2, 0.25) is 0 Å². The van der Waals surface area contributed by atoms with Crippen LogP contribution in [0.4, 0.5) is 5.69 Å². The van der Waals surface area contributed by atoms with Crippen LogP contribution in [0.15, 0.2) is 48.7 Å². The molecule has 0 spiro atoms. The number of carbonyl (C=O) groups excluding carboxylic acids is 1. The van der Waals surface area contributed by atoms with E-state index in [0.717, 1.165) is 30.8 Å². The highest BCUT2D eigenvalue weighted by molar-refractivity contribution is 5.94. The molecule has 1 aromatic carbocycles. The Balaban J connectivity index is 1.80. The van der Waals surface area contributed by atoms with Crippen molar-refractivity contribution in [3.05, 3.63) is 59.9 Å². The maximum absolute atomic E-state index is 12.0. The Kier molecular flexibility index (Phi) is 5.76. The smallest absolute Gasteiger partial charge is 0.251 e. The van der Waals surface area contributed by atoms with Crippen molar-refractivity contribution in [1.82, 2.24) is 10.3 Å². The van der Waals surface area contributed by atoms with Crippen molar-refractivity contribution in [3.8, 4) is 0 Å². The van der Waals surface area contributed by atoms with Gasteiger partial charge in [0.25, 0.3) is 5.91 Å². The van der Waals surface area contributed by atoms with Crippen molar-refractivity contribution in [2.45, 2.75) is 19.8 Å². The number of benzene rings is 1. The summed E-state index contributed by atoms with van der Waals surface area (Å²) in [4.78, 5) is 16.2. The first kappa shape index (κ1) is 15.0. The summed E-state index contributed by atoms with van der Waals surface area (Å²) >= 11 is 0. The first-order valence-electron chi connectivity index (χ1n) is 7.31. The molecule has 2 aromatic rings. The van der Waals surface area contributed by atoms with Gasteiger partial charge in [0.15, 0.2) is 0 Å². The van der Waals surface area contributed by atoms with E-state index in [1.54, 1.807) is 6.20 Å². The van der Waals surface area contributed by atoms with E-state index in [0.29, 0.717) is 12.1 Å². The Labute approximate surface area is 125 Å². The quantitative estimate of drug-likeness (QED) is 0.821. The summed E-state index contributed by atoms with van der Waals surface area (Å²) in [5, 5.41) is 6.20. The molecule has 0 aliphatic rings. The fourth-order valence-electron chi connectivity index (χ4n) is 1.96. The fourth-order valence-corrected chi connectivity index (χ4v) is 1.96. The van der Waals surface area contributed by atoms with Gasteiger partial charge in [-0.1, -0.05) is 13.0 Å². The minimum Gasteiger partial charge on any atom is -0.385 e. The molecular formula is C17H21N3O. The molecular weight excluding hydrogens is 262 g/mol. The molecule has 0 aliphatic carbocycles. The molecule has 0 saturated carbocycles. The highest BCUT2D eigenvalue weighted by atomic mass is 16.1. The molecule has 1 heterocycles. The van der Waals surface area contributed by atoms with E-state index in [1.165, 1.54) is 0 Å². The van der Waals surface area contributed by atoms with Gasteiger partial charge in [-0.3, -0.25) is 9.78 Å². The van der Waals surface area contributed by atoms with Crippen LogP contribution in [0.5, 0.6) is 0 Å². The van der Waals surface area contributed by atoms with Crippen molar-refractivity contribution in [3.63, 3.8) is 0 Å². The number of amides is 1. The number of carbonyl (C=O) groups is 1. The number of rotatable bonds is 7. The van der Waals surface area contributed by atoms with Crippen LogP contribution >= 0.6 is 0 Å². The zero-order valence-corrected chi connectivity index (χ0v) is 12.3. The normalized spacial score (nSPS) is 10.1. The molecule has 0 fully saturated rings. The van der Waals surface area contributed by atoms with Crippen molar-refractivity contribution in [1.29, 1.82) is 0 Å². The van der Waals surface area contributed by atoms with E-state index < -0.39 is 0 Å². The van der Waals surface area contributed by atoms with Crippen LogP contribution in [0.25, 0.3) is 0 Å². The second-order valence-corrected chi connectivity index (χ2v) is 4.83. The molecule has 4 nitrogen and oxygen atoms in total. The molecule has 0 saturated heterocycles. The average molecular weight is 283 g/mol. The van der Waals surface area contributed by atoms with E-state index in [4.69, 9.17) is 0 Å². The minimum absolute atomic E-state index is 0.0482. The van der Waals surface area contributed by atoms with Crippen LogP contribution in [0, 0.1) is 0 Å². The Morgan fingerprint density at radius 2 is 1.90 bits per heavy atom. The number of hydrogen-bond acceptors (Lipinski definition) is 3. The maximum Gasteiger partial charge on any atom is 0.251 e. The lowest BCUT2D eigenvalue weighted by molar-refractivity contribution is 0.0954. The van der Waals surface area contributed by atoms with Gasteiger partial charge in [0, 0.05) is 42.7 Å². The molecule has 0 bridgehead atoms. The first-order chi connectivity index (χ1) is 10.3. The van der Waals surface area contributed by atoms with Gasteiger partial charge in [-0.05, 0) is 42.8 Å². The lowest BCUT2D eigenvalue weighted by Crippen LogP contribution is -2.25. The van der Waals surface area contributed by atoms with Gasteiger partial charge >= 0.3 is 0 Å². The predicted molar refractivity (Wildman–Crippen MR) is 85.5 cm³/mol. The Morgan fingerprint density at radius 3 is 2.57 bits per heavy atom. The van der Waals surface area contributed by atoms with Crippen molar-refractivity contribution >= 4 is 11.6 Å². The van der Waals surface area contributed by atoms with Gasteiger partial charge in [-0.15, -0.1) is 0 Å². The van der Waals surface area contributed by atoms with Crippen LogP contribution in [0.1, 0.15) is 29.4 Å². The van der Waals surface area contributed by atoms with Crippen molar-refractivity contribution in [2.24, 2.45) is 0 Å². The van der Waals surface area contributed by atoms with Gasteiger partial charge in [-0.25, -0.2) is 0 Å². The maximum atomic E-state index is 12.0. The molecule has 1 amide bonds. The molecule has 4 heteroatoms. The molecule has 0 aliphatic heterocycles. The first-order valence-corrected chi connectivity index (χ1v) is 7.31. The summed E-state index contributed by atoms with van der Waals surface area (Å²) in [6.45, 7) is 3.65. The zero-order valence-electron chi connectivity index (χ0n) is 12.3. The van der Waals surface area contributed by atoms with E-state index in [9.17, 15) is 4.79 Å².